The highest BCUT2D eigenvalue weighted by molar-refractivity contribution is 6.29. The molecule has 0 aromatic carbocycles. The summed E-state index contributed by atoms with van der Waals surface area (Å²) in [5.41, 5.74) is 0. The Bertz CT molecular complexity index is 220. The second-order valence-corrected chi connectivity index (χ2v) is 3.11. The number of allylic oxidation sites excluding steroid dienone is 2. The highest BCUT2D eigenvalue weighted by atomic mass is 35.5. The topological polar surface area (TPSA) is 37.3 Å². The molecule has 0 heterocycles. The van der Waals surface area contributed by atoms with E-state index in [9.17, 15) is 9.90 Å². The van der Waals surface area contributed by atoms with Crippen molar-refractivity contribution >= 4 is 17.4 Å². The quantitative estimate of drug-likeness (QED) is 0.681. The predicted molar refractivity (Wildman–Crippen MR) is 43.3 cm³/mol. The van der Waals surface area contributed by atoms with E-state index in [0.717, 1.165) is 0 Å². The molecule has 2 atom stereocenters. The Morgan fingerprint density at radius 2 is 2.45 bits per heavy atom. The molecule has 1 aliphatic carbocycles. The van der Waals surface area contributed by atoms with Gasteiger partial charge in [0.15, 0.2) is 5.78 Å². The summed E-state index contributed by atoms with van der Waals surface area (Å²) in [6.07, 6.45) is 2.54. The maximum absolute atomic E-state index is 11.0. The van der Waals surface area contributed by atoms with Gasteiger partial charge >= 0.3 is 0 Å². The van der Waals surface area contributed by atoms with Crippen molar-refractivity contribution in [1.82, 2.24) is 0 Å². The van der Waals surface area contributed by atoms with Gasteiger partial charge in [-0.1, -0.05) is 24.3 Å². The Hall–Kier alpha value is -0.600. The summed E-state index contributed by atoms with van der Waals surface area (Å²) in [5, 5.41) is 9.61. The van der Waals surface area contributed by atoms with E-state index >= 15 is 0 Å². The zero-order chi connectivity index (χ0) is 8.43. The first-order chi connectivity index (χ1) is 5.11. The molecule has 0 saturated carbocycles. The zero-order valence-electron chi connectivity index (χ0n) is 5.96. The van der Waals surface area contributed by atoms with Crippen molar-refractivity contribution < 1.29 is 9.90 Å². The molecule has 0 fully saturated rings. The molecule has 0 bridgehead atoms. The Morgan fingerprint density at radius 3 is 2.82 bits per heavy atom. The summed E-state index contributed by atoms with van der Waals surface area (Å²) >= 11 is 5.50. The van der Waals surface area contributed by atoms with Gasteiger partial charge in [0.1, 0.15) is 0 Å². The van der Waals surface area contributed by atoms with Gasteiger partial charge in [0.05, 0.1) is 12.0 Å². The van der Waals surface area contributed by atoms with Crippen molar-refractivity contribution in [3.05, 3.63) is 23.8 Å². The normalized spacial score (nSPS) is 29.5. The maximum Gasteiger partial charge on any atom is 0.161 e. The largest absolute Gasteiger partial charge is 0.388 e. The van der Waals surface area contributed by atoms with Crippen LogP contribution < -0.4 is 0 Å². The molecular weight excluding hydrogens is 164 g/mol. The molecule has 0 aromatic heterocycles. The van der Waals surface area contributed by atoms with Crippen LogP contribution in [0.25, 0.3) is 0 Å². The van der Waals surface area contributed by atoms with Crippen LogP contribution in [-0.4, -0.2) is 17.0 Å². The summed E-state index contributed by atoms with van der Waals surface area (Å²) in [5.74, 6) is -0.473. The van der Waals surface area contributed by atoms with Crippen LogP contribution in [0, 0.1) is 5.92 Å². The summed E-state index contributed by atoms with van der Waals surface area (Å²) in [6, 6.07) is 0. The molecule has 0 aromatic rings. The van der Waals surface area contributed by atoms with Crippen LogP contribution in [-0.2, 0) is 4.79 Å². The molecule has 2 nitrogen and oxygen atoms in total. The minimum atomic E-state index is -0.682. The number of carbonyl (C=O) groups is 1. The Balaban J connectivity index is 2.59. The standard InChI is InChI=1S/C8H9ClO2/c1-5(9)4-6-7(10)2-3-8(6)11/h2-3,6-7,10H,1,4H2. The third-order valence-corrected chi connectivity index (χ3v) is 1.83. The summed E-state index contributed by atoms with van der Waals surface area (Å²) in [7, 11) is 0. The average molecular weight is 173 g/mol. The van der Waals surface area contributed by atoms with Crippen molar-refractivity contribution in [2.45, 2.75) is 12.5 Å². The maximum atomic E-state index is 11.0. The number of rotatable bonds is 2. The first-order valence-corrected chi connectivity index (χ1v) is 3.72. The number of aliphatic hydroxyl groups is 1. The fourth-order valence-corrected chi connectivity index (χ4v) is 1.25. The van der Waals surface area contributed by atoms with Gasteiger partial charge in [-0.05, 0) is 12.5 Å². The van der Waals surface area contributed by atoms with Crippen LogP contribution in [0.3, 0.4) is 0 Å². The minimum Gasteiger partial charge on any atom is -0.388 e. The molecular formula is C8H9ClO2. The molecule has 0 spiro atoms. The zero-order valence-corrected chi connectivity index (χ0v) is 6.71. The van der Waals surface area contributed by atoms with Gasteiger partial charge in [0.2, 0.25) is 0 Å². The highest BCUT2D eigenvalue weighted by Crippen LogP contribution is 2.23. The Morgan fingerprint density at radius 1 is 1.82 bits per heavy atom. The van der Waals surface area contributed by atoms with E-state index in [2.05, 4.69) is 6.58 Å². The van der Waals surface area contributed by atoms with Gasteiger partial charge in [-0.3, -0.25) is 4.79 Å². The number of ketones is 1. The molecule has 1 rings (SSSR count). The molecule has 3 heteroatoms. The van der Waals surface area contributed by atoms with E-state index in [0.29, 0.717) is 11.5 Å². The van der Waals surface area contributed by atoms with E-state index in [1.54, 1.807) is 0 Å². The van der Waals surface area contributed by atoms with E-state index < -0.39 is 12.0 Å². The lowest BCUT2D eigenvalue weighted by atomic mass is 10.00. The number of hydrogen-bond acceptors (Lipinski definition) is 2. The lowest BCUT2D eigenvalue weighted by Crippen LogP contribution is -2.19. The van der Waals surface area contributed by atoms with E-state index in [-0.39, 0.29) is 5.78 Å². The van der Waals surface area contributed by atoms with Gasteiger partial charge in [0.25, 0.3) is 0 Å². The minimum absolute atomic E-state index is 0.0701. The van der Waals surface area contributed by atoms with Crippen LogP contribution in [0.5, 0.6) is 0 Å². The average Bonchev–Trinajstić information content (AvgIpc) is 2.18. The fourth-order valence-electron chi connectivity index (χ4n) is 1.08. The van der Waals surface area contributed by atoms with Gasteiger partial charge in [-0.25, -0.2) is 0 Å². The summed E-state index contributed by atoms with van der Waals surface area (Å²) in [4.78, 5) is 11.0. The van der Waals surface area contributed by atoms with Crippen molar-refractivity contribution in [1.29, 1.82) is 0 Å². The molecule has 0 aliphatic heterocycles. The van der Waals surface area contributed by atoms with Crippen LogP contribution in [0.4, 0.5) is 0 Å². The van der Waals surface area contributed by atoms with E-state index in [1.165, 1.54) is 12.2 Å². The molecule has 0 saturated heterocycles. The van der Waals surface area contributed by atoms with Crippen molar-refractivity contribution in [2.75, 3.05) is 0 Å². The third kappa shape index (κ3) is 1.91. The first-order valence-electron chi connectivity index (χ1n) is 3.34. The van der Waals surface area contributed by atoms with Gasteiger partial charge < -0.3 is 5.11 Å². The monoisotopic (exact) mass is 172 g/mol. The third-order valence-electron chi connectivity index (χ3n) is 1.68. The Kier molecular flexibility index (Phi) is 2.47. The lowest BCUT2D eigenvalue weighted by Gasteiger charge is -2.10. The SMILES string of the molecule is C=C(Cl)CC1C(=O)C=CC1O. The molecule has 2 unspecified atom stereocenters. The van der Waals surface area contributed by atoms with Crippen LogP contribution in [0.2, 0.25) is 0 Å². The van der Waals surface area contributed by atoms with Gasteiger partial charge in [0, 0.05) is 5.03 Å². The summed E-state index contributed by atoms with van der Waals surface area (Å²) < 4.78 is 0. The molecule has 1 N–H and O–H groups in total. The van der Waals surface area contributed by atoms with Crippen molar-refractivity contribution in [2.24, 2.45) is 5.92 Å². The molecule has 1 aliphatic rings. The molecule has 11 heavy (non-hydrogen) atoms. The van der Waals surface area contributed by atoms with Crippen LogP contribution >= 0.6 is 11.6 Å². The van der Waals surface area contributed by atoms with Crippen LogP contribution in [0.15, 0.2) is 23.8 Å². The second-order valence-electron chi connectivity index (χ2n) is 2.58. The number of aliphatic hydroxyl groups excluding tert-OH is 1. The van der Waals surface area contributed by atoms with Gasteiger partial charge in [-0.15, -0.1) is 0 Å². The first kappa shape index (κ1) is 8.50. The second kappa shape index (κ2) is 3.20. The van der Waals surface area contributed by atoms with Gasteiger partial charge in [-0.2, -0.15) is 0 Å². The fraction of sp³-hybridized carbons (Fsp3) is 0.375. The smallest absolute Gasteiger partial charge is 0.161 e. The molecule has 60 valence electrons. The van der Waals surface area contributed by atoms with E-state index in [1.807, 2.05) is 0 Å². The van der Waals surface area contributed by atoms with Crippen molar-refractivity contribution in [3.8, 4) is 0 Å². The predicted octanol–water partition coefficient (Wildman–Crippen LogP) is 1.25. The lowest BCUT2D eigenvalue weighted by molar-refractivity contribution is -0.119. The molecule has 0 amide bonds. The van der Waals surface area contributed by atoms with E-state index in [4.69, 9.17) is 11.6 Å². The van der Waals surface area contributed by atoms with Crippen molar-refractivity contribution in [3.63, 3.8) is 0 Å². The number of hydrogen-bond donors (Lipinski definition) is 1. The van der Waals surface area contributed by atoms with Crippen LogP contribution in [0.1, 0.15) is 6.42 Å². The molecule has 0 radical (unpaired) electrons. The Labute approximate surface area is 70.2 Å². The summed E-state index contributed by atoms with van der Waals surface area (Å²) in [6.45, 7) is 3.46. The highest BCUT2D eigenvalue weighted by Gasteiger charge is 2.28. The number of halogens is 1. The number of carbonyl (C=O) groups excluding carboxylic acids is 1.